The summed E-state index contributed by atoms with van der Waals surface area (Å²) >= 11 is 0. The van der Waals surface area contributed by atoms with E-state index in [-0.39, 0.29) is 16.8 Å². The predicted molar refractivity (Wildman–Crippen MR) is 93.5 cm³/mol. The number of carbonyl (C=O) groups is 1. The summed E-state index contributed by atoms with van der Waals surface area (Å²) in [5.41, 5.74) is 0.408. The van der Waals surface area contributed by atoms with E-state index in [0.717, 1.165) is 12.0 Å². The third-order valence-corrected chi connectivity index (χ3v) is 4.92. The summed E-state index contributed by atoms with van der Waals surface area (Å²) in [5.74, 6) is 0.285. The average Bonchev–Trinajstić information content (AvgIpc) is 2.49. The van der Waals surface area contributed by atoms with E-state index in [1.807, 2.05) is 34.6 Å². The van der Waals surface area contributed by atoms with Gasteiger partial charge in [0.25, 0.3) is 10.1 Å². The third-order valence-electron chi connectivity index (χ3n) is 4.05. The van der Waals surface area contributed by atoms with Gasteiger partial charge in [-0.05, 0) is 56.2 Å². The van der Waals surface area contributed by atoms with Gasteiger partial charge in [0.05, 0.1) is 16.9 Å². The minimum atomic E-state index is -4.17. The molecule has 0 saturated heterocycles. The van der Waals surface area contributed by atoms with E-state index in [0.29, 0.717) is 18.9 Å². The van der Waals surface area contributed by atoms with Crippen molar-refractivity contribution in [1.29, 1.82) is 0 Å². The monoisotopic (exact) mass is 356 g/mol. The fourth-order valence-corrected chi connectivity index (χ4v) is 2.73. The lowest BCUT2D eigenvalue weighted by Crippen LogP contribution is -2.28. The van der Waals surface area contributed by atoms with E-state index >= 15 is 0 Å². The van der Waals surface area contributed by atoms with Gasteiger partial charge in [-0.25, -0.2) is 0 Å². The lowest BCUT2D eigenvalue weighted by atomic mass is 9.83. The van der Waals surface area contributed by atoms with Crippen LogP contribution in [0.15, 0.2) is 29.2 Å². The number of hydrogen-bond donors (Lipinski definition) is 1. The average molecular weight is 356 g/mol. The Morgan fingerprint density at radius 3 is 2.17 bits per heavy atom. The highest BCUT2D eigenvalue weighted by Crippen LogP contribution is 2.30. The lowest BCUT2D eigenvalue weighted by Gasteiger charge is -2.25. The topological polar surface area (TPSA) is 80.7 Å². The summed E-state index contributed by atoms with van der Waals surface area (Å²) < 4.78 is 36.4. The van der Waals surface area contributed by atoms with Crippen LogP contribution in [0.2, 0.25) is 0 Å². The van der Waals surface area contributed by atoms with Crippen molar-refractivity contribution in [3.05, 3.63) is 29.8 Å². The van der Waals surface area contributed by atoms with E-state index in [4.69, 9.17) is 9.29 Å². The van der Waals surface area contributed by atoms with Gasteiger partial charge in [0, 0.05) is 0 Å². The molecule has 24 heavy (non-hydrogen) atoms. The minimum absolute atomic E-state index is 0.115. The molecule has 0 spiro atoms. The molecular formula is C18H28O5S. The second-order valence-corrected chi connectivity index (χ2v) is 8.78. The molecule has 1 aromatic rings. The minimum Gasteiger partial charge on any atom is -0.465 e. The lowest BCUT2D eigenvalue weighted by molar-refractivity contribution is -0.155. The van der Waals surface area contributed by atoms with Gasteiger partial charge in [0.2, 0.25) is 0 Å². The largest absolute Gasteiger partial charge is 0.465 e. The summed E-state index contributed by atoms with van der Waals surface area (Å²) in [6.07, 6.45) is 1.44. The molecule has 0 heterocycles. The molecule has 0 radical (unpaired) electrons. The number of hydrogen-bond acceptors (Lipinski definition) is 4. The van der Waals surface area contributed by atoms with Gasteiger partial charge in [-0.3, -0.25) is 9.35 Å². The fraction of sp³-hybridized carbons (Fsp3) is 0.611. The first kappa shape index (κ1) is 20.6. The molecule has 1 unspecified atom stereocenters. The molecule has 1 atom stereocenters. The third kappa shape index (κ3) is 6.24. The Morgan fingerprint density at radius 2 is 1.71 bits per heavy atom. The van der Waals surface area contributed by atoms with Crippen molar-refractivity contribution in [3.8, 4) is 0 Å². The van der Waals surface area contributed by atoms with Gasteiger partial charge in [-0.2, -0.15) is 8.42 Å². The molecular weight excluding hydrogens is 328 g/mol. The Hall–Kier alpha value is -1.40. The standard InChI is InChI=1S/C18H28O5S/c1-13(2)12-23-17(19)18(4,5)11-10-14(3)15-6-8-16(9-7-15)24(20,21)22/h6-9,13-14H,10-12H2,1-5H3,(H,20,21,22). The molecule has 5 nitrogen and oxygen atoms in total. The maximum Gasteiger partial charge on any atom is 0.311 e. The van der Waals surface area contributed by atoms with Crippen LogP contribution in [-0.2, 0) is 19.6 Å². The highest BCUT2D eigenvalue weighted by atomic mass is 32.2. The molecule has 0 fully saturated rings. The molecule has 0 saturated carbocycles. The Morgan fingerprint density at radius 1 is 1.17 bits per heavy atom. The van der Waals surface area contributed by atoms with Crippen LogP contribution in [0.3, 0.4) is 0 Å². The summed E-state index contributed by atoms with van der Waals surface area (Å²) in [7, 11) is -4.17. The molecule has 136 valence electrons. The van der Waals surface area contributed by atoms with E-state index in [9.17, 15) is 13.2 Å². The number of carbonyl (C=O) groups excluding carboxylic acids is 1. The van der Waals surface area contributed by atoms with Gasteiger partial charge in [-0.15, -0.1) is 0 Å². The smallest absolute Gasteiger partial charge is 0.311 e. The van der Waals surface area contributed by atoms with Crippen LogP contribution in [0.5, 0.6) is 0 Å². The van der Waals surface area contributed by atoms with Crippen molar-refractivity contribution in [2.75, 3.05) is 6.61 Å². The highest BCUT2D eigenvalue weighted by molar-refractivity contribution is 7.85. The quantitative estimate of drug-likeness (QED) is 0.561. The van der Waals surface area contributed by atoms with Gasteiger partial charge in [0.15, 0.2) is 0 Å². The Kier molecular flexibility index (Phi) is 6.98. The molecule has 0 aliphatic rings. The molecule has 0 bridgehead atoms. The van der Waals surface area contributed by atoms with Crippen molar-refractivity contribution >= 4 is 16.1 Å². The zero-order valence-electron chi connectivity index (χ0n) is 15.1. The molecule has 0 aromatic heterocycles. The van der Waals surface area contributed by atoms with Crippen LogP contribution >= 0.6 is 0 Å². The fourth-order valence-electron chi connectivity index (χ4n) is 2.25. The van der Waals surface area contributed by atoms with Crippen LogP contribution in [0.25, 0.3) is 0 Å². The van der Waals surface area contributed by atoms with E-state index < -0.39 is 15.5 Å². The van der Waals surface area contributed by atoms with Gasteiger partial charge in [-0.1, -0.05) is 32.9 Å². The normalized spacial score (nSPS) is 13.8. The van der Waals surface area contributed by atoms with Crippen LogP contribution in [0, 0.1) is 11.3 Å². The first-order valence-corrected chi connectivity index (χ1v) is 9.62. The van der Waals surface area contributed by atoms with Crippen LogP contribution in [0.4, 0.5) is 0 Å². The van der Waals surface area contributed by atoms with Crippen LogP contribution in [-0.4, -0.2) is 25.5 Å². The summed E-state index contributed by atoms with van der Waals surface area (Å²) in [4.78, 5) is 12.0. The van der Waals surface area contributed by atoms with Crippen molar-refractivity contribution < 1.29 is 22.5 Å². The first-order chi connectivity index (χ1) is 10.9. The van der Waals surface area contributed by atoms with Gasteiger partial charge in [0.1, 0.15) is 0 Å². The SMILES string of the molecule is CC(C)COC(=O)C(C)(C)CCC(C)c1ccc(S(=O)(=O)O)cc1. The predicted octanol–water partition coefficient (Wildman–Crippen LogP) is 4.04. The summed E-state index contributed by atoms with van der Waals surface area (Å²) in [6, 6.07) is 6.17. The van der Waals surface area contributed by atoms with E-state index in [2.05, 4.69) is 0 Å². The molecule has 6 heteroatoms. The number of esters is 1. The Bertz CT molecular complexity index is 644. The van der Waals surface area contributed by atoms with Crippen molar-refractivity contribution in [3.63, 3.8) is 0 Å². The molecule has 1 N–H and O–H groups in total. The maximum atomic E-state index is 12.2. The highest BCUT2D eigenvalue weighted by Gasteiger charge is 2.30. The second-order valence-electron chi connectivity index (χ2n) is 7.36. The summed E-state index contributed by atoms with van der Waals surface area (Å²) in [5, 5.41) is 0. The molecule has 0 amide bonds. The van der Waals surface area contributed by atoms with Crippen LogP contribution in [0.1, 0.15) is 58.9 Å². The van der Waals surface area contributed by atoms with Crippen molar-refractivity contribution in [2.24, 2.45) is 11.3 Å². The number of benzene rings is 1. The van der Waals surface area contributed by atoms with Gasteiger partial charge >= 0.3 is 5.97 Å². The molecule has 0 aliphatic heterocycles. The zero-order chi connectivity index (χ0) is 18.5. The number of rotatable bonds is 8. The molecule has 0 aliphatic carbocycles. The Balaban J connectivity index is 2.64. The second kappa shape index (κ2) is 8.12. The molecule has 1 aromatic carbocycles. The van der Waals surface area contributed by atoms with Gasteiger partial charge < -0.3 is 4.74 Å². The zero-order valence-corrected chi connectivity index (χ0v) is 15.9. The maximum absolute atomic E-state index is 12.2. The summed E-state index contributed by atoms with van der Waals surface area (Å²) in [6.45, 7) is 10.2. The van der Waals surface area contributed by atoms with Crippen molar-refractivity contribution in [2.45, 2.75) is 58.3 Å². The Labute approximate surface area is 145 Å². The van der Waals surface area contributed by atoms with E-state index in [1.165, 1.54) is 12.1 Å². The van der Waals surface area contributed by atoms with Crippen molar-refractivity contribution in [1.82, 2.24) is 0 Å². The first-order valence-electron chi connectivity index (χ1n) is 8.18. The number of ether oxygens (including phenoxy) is 1. The van der Waals surface area contributed by atoms with Crippen LogP contribution < -0.4 is 0 Å². The van der Waals surface area contributed by atoms with E-state index in [1.54, 1.807) is 12.1 Å². The molecule has 1 rings (SSSR count).